The number of hydrogen-bond donors (Lipinski definition) is 3. The zero-order valence-corrected chi connectivity index (χ0v) is 15.5. The van der Waals surface area contributed by atoms with E-state index in [-0.39, 0.29) is 11.9 Å². The summed E-state index contributed by atoms with van der Waals surface area (Å²) < 4.78 is 5.49. The van der Waals surface area contributed by atoms with Crippen molar-refractivity contribution in [2.45, 2.75) is 19.9 Å². The van der Waals surface area contributed by atoms with E-state index in [9.17, 15) is 4.79 Å². The number of carbonyl (C=O) groups excluding carboxylic acids is 1. The molecule has 2 aromatic rings. The summed E-state index contributed by atoms with van der Waals surface area (Å²) in [6.45, 7) is 4.41. The fraction of sp³-hybridized carbons (Fsp3) is 0.200. The van der Waals surface area contributed by atoms with Crippen LogP contribution in [0.4, 0.5) is 5.69 Å². The third-order valence-electron chi connectivity index (χ3n) is 4.07. The Kier molecular flexibility index (Phi) is 5.53. The van der Waals surface area contributed by atoms with Crippen LogP contribution >= 0.6 is 12.2 Å². The van der Waals surface area contributed by atoms with E-state index in [0.717, 1.165) is 22.7 Å². The molecule has 0 spiro atoms. The predicted octanol–water partition coefficient (Wildman–Crippen LogP) is 3.52. The Balaban J connectivity index is 1.90. The minimum Gasteiger partial charge on any atom is -0.494 e. The van der Waals surface area contributed by atoms with Gasteiger partial charge in [-0.15, -0.1) is 0 Å². The van der Waals surface area contributed by atoms with Gasteiger partial charge >= 0.3 is 0 Å². The molecule has 6 heteroatoms. The van der Waals surface area contributed by atoms with E-state index in [1.807, 2.05) is 68.4 Å². The molecule has 0 fully saturated rings. The molecule has 1 aliphatic rings. The second kappa shape index (κ2) is 8.01. The van der Waals surface area contributed by atoms with Gasteiger partial charge in [-0.05, 0) is 55.9 Å². The highest BCUT2D eigenvalue weighted by Crippen LogP contribution is 2.29. The molecule has 26 heavy (non-hydrogen) atoms. The number of amides is 1. The molecule has 0 aromatic heterocycles. The summed E-state index contributed by atoms with van der Waals surface area (Å²) in [4.78, 5) is 12.9. The lowest BCUT2D eigenvalue weighted by molar-refractivity contribution is -0.113. The number of allylic oxidation sites excluding steroid dienone is 1. The Morgan fingerprint density at radius 2 is 1.85 bits per heavy atom. The highest BCUT2D eigenvalue weighted by atomic mass is 32.1. The molecule has 1 amide bonds. The number of hydrogen-bond acceptors (Lipinski definition) is 3. The van der Waals surface area contributed by atoms with Crippen molar-refractivity contribution < 1.29 is 9.53 Å². The SMILES string of the molecule is CCOc1ccc(C2NC(=S)NC(C)=C2C(=O)Nc2ccccc2)cc1. The van der Waals surface area contributed by atoms with Crippen LogP contribution in [-0.2, 0) is 4.79 Å². The number of para-hydroxylation sites is 1. The maximum Gasteiger partial charge on any atom is 0.255 e. The quantitative estimate of drug-likeness (QED) is 0.706. The number of carbonyl (C=O) groups is 1. The fourth-order valence-corrected chi connectivity index (χ4v) is 3.16. The molecule has 0 radical (unpaired) electrons. The summed E-state index contributed by atoms with van der Waals surface area (Å²) in [6.07, 6.45) is 0. The normalized spacial score (nSPS) is 16.5. The van der Waals surface area contributed by atoms with Crippen LogP contribution in [-0.4, -0.2) is 17.6 Å². The zero-order chi connectivity index (χ0) is 18.5. The van der Waals surface area contributed by atoms with Crippen molar-refractivity contribution in [1.82, 2.24) is 10.6 Å². The van der Waals surface area contributed by atoms with E-state index >= 15 is 0 Å². The molecule has 1 heterocycles. The van der Waals surface area contributed by atoms with Crippen LogP contribution in [0.2, 0.25) is 0 Å². The first kappa shape index (κ1) is 17.9. The maximum absolute atomic E-state index is 12.9. The van der Waals surface area contributed by atoms with Crippen LogP contribution in [0.5, 0.6) is 5.75 Å². The average molecular weight is 367 g/mol. The topological polar surface area (TPSA) is 62.4 Å². The van der Waals surface area contributed by atoms with Crippen molar-refractivity contribution in [3.05, 3.63) is 71.4 Å². The van der Waals surface area contributed by atoms with Gasteiger partial charge in [0.2, 0.25) is 0 Å². The molecule has 3 rings (SSSR count). The first-order valence-electron chi connectivity index (χ1n) is 8.46. The number of thiocarbonyl (C=S) groups is 1. The molecular formula is C20H21N3O2S. The Morgan fingerprint density at radius 1 is 1.15 bits per heavy atom. The van der Waals surface area contributed by atoms with E-state index in [1.165, 1.54) is 0 Å². The van der Waals surface area contributed by atoms with E-state index < -0.39 is 0 Å². The molecule has 3 N–H and O–H groups in total. The van der Waals surface area contributed by atoms with E-state index in [1.54, 1.807) is 0 Å². The second-order valence-corrected chi connectivity index (χ2v) is 6.30. The lowest BCUT2D eigenvalue weighted by Gasteiger charge is -2.30. The van der Waals surface area contributed by atoms with Gasteiger partial charge in [0.05, 0.1) is 18.2 Å². The smallest absolute Gasteiger partial charge is 0.255 e. The standard InChI is InChI=1S/C20H21N3O2S/c1-3-25-16-11-9-14(10-12-16)18-17(13(2)21-20(26)23-18)19(24)22-15-7-5-4-6-8-15/h4-12,18H,3H2,1-2H3,(H,22,24)(H2,21,23,26). The molecule has 1 aliphatic heterocycles. The number of benzene rings is 2. The Bertz CT molecular complexity index is 832. The van der Waals surface area contributed by atoms with Crippen LogP contribution < -0.4 is 20.7 Å². The minimum atomic E-state index is -0.330. The summed E-state index contributed by atoms with van der Waals surface area (Å²) in [5, 5.41) is 9.68. The third kappa shape index (κ3) is 4.03. The molecule has 0 bridgehead atoms. The second-order valence-electron chi connectivity index (χ2n) is 5.89. The van der Waals surface area contributed by atoms with Crippen molar-refractivity contribution in [2.75, 3.05) is 11.9 Å². The lowest BCUT2D eigenvalue weighted by Crippen LogP contribution is -2.45. The van der Waals surface area contributed by atoms with Crippen molar-refractivity contribution in [2.24, 2.45) is 0 Å². The Labute approximate surface area is 158 Å². The van der Waals surface area contributed by atoms with Gasteiger partial charge in [-0.3, -0.25) is 4.79 Å². The number of anilines is 1. The maximum atomic E-state index is 12.9. The Morgan fingerprint density at radius 3 is 2.50 bits per heavy atom. The van der Waals surface area contributed by atoms with Crippen LogP contribution in [0.3, 0.4) is 0 Å². The van der Waals surface area contributed by atoms with Crippen molar-refractivity contribution >= 4 is 28.9 Å². The molecule has 0 saturated carbocycles. The third-order valence-corrected chi connectivity index (χ3v) is 4.29. The Hall–Kier alpha value is -2.86. The molecule has 1 unspecified atom stereocenters. The van der Waals surface area contributed by atoms with E-state index in [0.29, 0.717) is 17.3 Å². The van der Waals surface area contributed by atoms with E-state index in [4.69, 9.17) is 17.0 Å². The average Bonchev–Trinajstić information content (AvgIpc) is 2.62. The number of ether oxygens (including phenoxy) is 1. The summed E-state index contributed by atoms with van der Waals surface area (Å²) in [5.74, 6) is 0.624. The highest BCUT2D eigenvalue weighted by Gasteiger charge is 2.29. The van der Waals surface area contributed by atoms with Gasteiger partial charge in [0.25, 0.3) is 5.91 Å². The highest BCUT2D eigenvalue weighted by molar-refractivity contribution is 7.80. The minimum absolute atomic E-state index is 0.171. The van der Waals surface area contributed by atoms with Crippen molar-refractivity contribution in [3.8, 4) is 5.75 Å². The lowest BCUT2D eigenvalue weighted by atomic mass is 9.95. The summed E-state index contributed by atoms with van der Waals surface area (Å²) >= 11 is 5.28. The number of nitrogens with one attached hydrogen (secondary N) is 3. The zero-order valence-electron chi connectivity index (χ0n) is 14.7. The molecule has 0 aliphatic carbocycles. The van der Waals surface area contributed by atoms with Crippen LogP contribution in [0.1, 0.15) is 25.5 Å². The van der Waals surface area contributed by atoms with Crippen LogP contribution in [0.25, 0.3) is 0 Å². The van der Waals surface area contributed by atoms with Crippen LogP contribution in [0.15, 0.2) is 65.9 Å². The molecule has 2 aromatic carbocycles. The molecule has 0 saturated heterocycles. The fourth-order valence-electron chi connectivity index (χ4n) is 2.89. The van der Waals surface area contributed by atoms with Gasteiger partial charge in [-0.1, -0.05) is 30.3 Å². The predicted molar refractivity (Wildman–Crippen MR) is 107 cm³/mol. The summed E-state index contributed by atoms with van der Waals surface area (Å²) in [7, 11) is 0. The first-order chi connectivity index (χ1) is 12.6. The van der Waals surface area contributed by atoms with Gasteiger partial charge in [0, 0.05) is 11.4 Å². The molecular weight excluding hydrogens is 346 g/mol. The van der Waals surface area contributed by atoms with Gasteiger partial charge in [0.15, 0.2) is 5.11 Å². The van der Waals surface area contributed by atoms with Crippen LogP contribution in [0, 0.1) is 0 Å². The van der Waals surface area contributed by atoms with E-state index in [2.05, 4.69) is 16.0 Å². The van der Waals surface area contributed by atoms with Crippen molar-refractivity contribution in [3.63, 3.8) is 0 Å². The van der Waals surface area contributed by atoms with Crippen molar-refractivity contribution in [1.29, 1.82) is 0 Å². The van der Waals surface area contributed by atoms with Gasteiger partial charge in [-0.25, -0.2) is 0 Å². The molecule has 134 valence electrons. The largest absolute Gasteiger partial charge is 0.494 e. The summed E-state index contributed by atoms with van der Waals surface area (Å²) in [5.41, 5.74) is 3.03. The molecule has 5 nitrogen and oxygen atoms in total. The van der Waals surface area contributed by atoms with Gasteiger partial charge in [0.1, 0.15) is 5.75 Å². The summed E-state index contributed by atoms with van der Waals surface area (Å²) in [6, 6.07) is 16.7. The molecule has 1 atom stereocenters. The first-order valence-corrected chi connectivity index (χ1v) is 8.86. The monoisotopic (exact) mass is 367 g/mol. The van der Waals surface area contributed by atoms with Gasteiger partial charge < -0.3 is 20.7 Å². The number of rotatable bonds is 5. The van der Waals surface area contributed by atoms with Gasteiger partial charge in [-0.2, -0.15) is 0 Å².